The van der Waals surface area contributed by atoms with Crippen molar-refractivity contribution in [2.75, 3.05) is 6.61 Å². The van der Waals surface area contributed by atoms with E-state index >= 15 is 0 Å². The van der Waals surface area contributed by atoms with Crippen molar-refractivity contribution < 1.29 is 17.9 Å². The van der Waals surface area contributed by atoms with E-state index in [2.05, 4.69) is 11.3 Å². The maximum absolute atomic E-state index is 10.6. The zero-order valence-electron chi connectivity index (χ0n) is 5.83. The molecule has 0 heterocycles. The normalized spacial score (nSPS) is 10.7. The number of ether oxygens (including phenoxy) is 1. The fourth-order valence-corrected chi connectivity index (χ4v) is 0.758. The minimum absolute atomic E-state index is 0.0876. The van der Waals surface area contributed by atoms with Gasteiger partial charge >= 0.3 is 5.97 Å². The van der Waals surface area contributed by atoms with Crippen LogP contribution in [0.3, 0.4) is 0 Å². The molecule has 0 bridgehead atoms. The van der Waals surface area contributed by atoms with Crippen molar-refractivity contribution in [3.05, 3.63) is 11.5 Å². The van der Waals surface area contributed by atoms with Crippen LogP contribution in [0.5, 0.6) is 0 Å². The summed E-state index contributed by atoms with van der Waals surface area (Å²) in [6, 6.07) is 0. The standard InChI is InChI=1S/C5H7ClO4S/c1-3-10-5(7)4(2)11(6,8)9/h2-3H2,1H3. The van der Waals surface area contributed by atoms with Crippen molar-refractivity contribution in [2.24, 2.45) is 0 Å². The van der Waals surface area contributed by atoms with Crippen LogP contribution in [-0.4, -0.2) is 21.0 Å². The van der Waals surface area contributed by atoms with Crippen LogP contribution < -0.4 is 0 Å². The lowest BCUT2D eigenvalue weighted by Gasteiger charge is -1.99. The summed E-state index contributed by atoms with van der Waals surface area (Å²) in [5.74, 6) is -1.01. The number of halogens is 1. The molecule has 0 radical (unpaired) electrons. The molecule has 0 saturated carbocycles. The third-order valence-corrected chi connectivity index (χ3v) is 2.11. The molecule has 4 nitrogen and oxygen atoms in total. The molecule has 0 amide bonds. The smallest absolute Gasteiger partial charge is 0.350 e. The number of hydrogen-bond acceptors (Lipinski definition) is 4. The zero-order valence-corrected chi connectivity index (χ0v) is 7.41. The molecule has 0 aromatic rings. The molecule has 0 aliphatic rings. The summed E-state index contributed by atoms with van der Waals surface area (Å²) in [4.78, 5) is 9.87. The predicted octanol–water partition coefficient (Wildman–Crippen LogP) is 0.632. The van der Waals surface area contributed by atoms with Gasteiger partial charge < -0.3 is 4.74 Å². The topological polar surface area (TPSA) is 60.4 Å². The Kier molecular flexibility index (Phi) is 3.54. The van der Waals surface area contributed by atoms with Gasteiger partial charge in [0.05, 0.1) is 6.61 Å². The third-order valence-electron chi connectivity index (χ3n) is 0.797. The molecule has 0 fully saturated rings. The van der Waals surface area contributed by atoms with Crippen molar-refractivity contribution in [3.8, 4) is 0 Å². The number of carbonyl (C=O) groups excluding carboxylic acids is 1. The zero-order chi connectivity index (χ0) is 9.07. The Morgan fingerprint density at radius 1 is 1.64 bits per heavy atom. The van der Waals surface area contributed by atoms with Crippen molar-refractivity contribution in [2.45, 2.75) is 6.92 Å². The minimum Gasteiger partial charge on any atom is -0.462 e. The minimum atomic E-state index is -4.02. The Morgan fingerprint density at radius 3 is 2.36 bits per heavy atom. The molecule has 0 aromatic carbocycles. The Balaban J connectivity index is 4.41. The fraction of sp³-hybridized carbons (Fsp3) is 0.400. The molecule has 11 heavy (non-hydrogen) atoms. The van der Waals surface area contributed by atoms with Crippen LogP contribution >= 0.6 is 10.7 Å². The van der Waals surface area contributed by atoms with Crippen LogP contribution in [0.25, 0.3) is 0 Å². The highest BCUT2D eigenvalue weighted by Gasteiger charge is 2.20. The number of rotatable bonds is 3. The third kappa shape index (κ3) is 3.38. The molecule has 0 saturated heterocycles. The molecule has 0 aliphatic carbocycles. The van der Waals surface area contributed by atoms with E-state index in [1.165, 1.54) is 0 Å². The SMILES string of the molecule is C=C(C(=O)OCC)S(=O)(=O)Cl. The second-order valence-electron chi connectivity index (χ2n) is 1.58. The first-order valence-corrected chi connectivity index (χ1v) is 5.01. The number of carbonyl (C=O) groups is 1. The summed E-state index contributed by atoms with van der Waals surface area (Å²) in [6.07, 6.45) is 0. The van der Waals surface area contributed by atoms with Gasteiger partial charge in [-0.2, -0.15) is 0 Å². The molecule has 6 heteroatoms. The van der Waals surface area contributed by atoms with E-state index in [-0.39, 0.29) is 6.61 Å². The molecule has 0 aliphatic heterocycles. The second-order valence-corrected chi connectivity index (χ2v) is 4.17. The van der Waals surface area contributed by atoms with Gasteiger partial charge in [0.1, 0.15) is 0 Å². The van der Waals surface area contributed by atoms with Crippen molar-refractivity contribution in [1.82, 2.24) is 0 Å². The number of hydrogen-bond donors (Lipinski definition) is 0. The van der Waals surface area contributed by atoms with Gasteiger partial charge in [0, 0.05) is 10.7 Å². The van der Waals surface area contributed by atoms with Gasteiger partial charge in [-0.25, -0.2) is 13.2 Å². The largest absolute Gasteiger partial charge is 0.462 e. The van der Waals surface area contributed by atoms with Crippen LogP contribution in [-0.2, 0) is 18.6 Å². The van der Waals surface area contributed by atoms with Gasteiger partial charge in [-0.1, -0.05) is 6.58 Å². The molecular formula is C5H7ClO4S. The maximum atomic E-state index is 10.6. The van der Waals surface area contributed by atoms with Crippen molar-refractivity contribution in [1.29, 1.82) is 0 Å². The molecule has 0 aromatic heterocycles. The first kappa shape index (κ1) is 10.4. The summed E-state index contributed by atoms with van der Waals surface area (Å²) in [7, 11) is 0.765. The van der Waals surface area contributed by atoms with Gasteiger partial charge in [-0.15, -0.1) is 0 Å². The molecule has 0 rings (SSSR count). The molecular weight excluding hydrogens is 192 g/mol. The highest BCUT2D eigenvalue weighted by atomic mass is 35.7. The van der Waals surface area contributed by atoms with E-state index in [0.29, 0.717) is 0 Å². The van der Waals surface area contributed by atoms with Gasteiger partial charge in [0.25, 0.3) is 9.05 Å². The lowest BCUT2D eigenvalue weighted by molar-refractivity contribution is -0.137. The fourth-order valence-electron chi connectivity index (χ4n) is 0.311. The van der Waals surface area contributed by atoms with Crippen LogP contribution in [0.15, 0.2) is 11.5 Å². The lowest BCUT2D eigenvalue weighted by Crippen LogP contribution is -2.11. The van der Waals surface area contributed by atoms with E-state index in [4.69, 9.17) is 10.7 Å². The Bertz CT molecular complexity index is 266. The van der Waals surface area contributed by atoms with E-state index < -0.39 is 19.9 Å². The summed E-state index contributed by atoms with van der Waals surface area (Å²) < 4.78 is 25.2. The van der Waals surface area contributed by atoms with Gasteiger partial charge in [0.2, 0.25) is 0 Å². The Labute approximate surface area is 69.2 Å². The van der Waals surface area contributed by atoms with E-state index in [9.17, 15) is 13.2 Å². The summed E-state index contributed by atoms with van der Waals surface area (Å²) in [5.41, 5.74) is 0. The Hall–Kier alpha value is -0.550. The van der Waals surface area contributed by atoms with Crippen molar-refractivity contribution >= 4 is 25.7 Å². The molecule has 0 unspecified atom stereocenters. The van der Waals surface area contributed by atoms with Gasteiger partial charge in [-0.05, 0) is 6.92 Å². The number of esters is 1. The highest BCUT2D eigenvalue weighted by Crippen LogP contribution is 2.10. The molecule has 0 spiro atoms. The first-order valence-electron chi connectivity index (χ1n) is 2.70. The second kappa shape index (κ2) is 3.73. The van der Waals surface area contributed by atoms with Gasteiger partial charge in [0.15, 0.2) is 4.91 Å². The average molecular weight is 199 g/mol. The predicted molar refractivity (Wildman–Crippen MR) is 40.5 cm³/mol. The van der Waals surface area contributed by atoms with Crippen LogP contribution in [0.2, 0.25) is 0 Å². The molecule has 0 atom stereocenters. The Morgan fingerprint density at radius 2 is 2.09 bits per heavy atom. The summed E-state index contributed by atoms with van der Waals surface area (Å²) in [6.45, 7) is 4.59. The summed E-state index contributed by atoms with van der Waals surface area (Å²) >= 11 is 0. The van der Waals surface area contributed by atoms with E-state index in [1.54, 1.807) is 6.92 Å². The van der Waals surface area contributed by atoms with Crippen molar-refractivity contribution in [3.63, 3.8) is 0 Å². The highest BCUT2D eigenvalue weighted by molar-refractivity contribution is 8.17. The maximum Gasteiger partial charge on any atom is 0.350 e. The van der Waals surface area contributed by atoms with Gasteiger partial charge in [-0.3, -0.25) is 0 Å². The van der Waals surface area contributed by atoms with E-state index in [0.717, 1.165) is 0 Å². The van der Waals surface area contributed by atoms with Crippen LogP contribution in [0, 0.1) is 0 Å². The summed E-state index contributed by atoms with van der Waals surface area (Å²) in [5, 5.41) is 0. The lowest BCUT2D eigenvalue weighted by atomic mass is 10.6. The first-order chi connectivity index (χ1) is 4.89. The average Bonchev–Trinajstić information content (AvgIpc) is 1.85. The van der Waals surface area contributed by atoms with E-state index in [1.807, 2.05) is 0 Å². The monoisotopic (exact) mass is 198 g/mol. The molecule has 0 N–H and O–H groups in total. The van der Waals surface area contributed by atoms with Crippen LogP contribution in [0.4, 0.5) is 0 Å². The molecule has 64 valence electrons. The van der Waals surface area contributed by atoms with Crippen LogP contribution in [0.1, 0.15) is 6.92 Å². The quantitative estimate of drug-likeness (QED) is 0.379.